The van der Waals surface area contributed by atoms with Gasteiger partial charge in [-0.25, -0.2) is 9.97 Å². The molecule has 0 aliphatic carbocycles. The van der Waals surface area contributed by atoms with E-state index in [1.165, 1.54) is 18.2 Å². The minimum Gasteiger partial charge on any atom is -0.417 e. The molecule has 2 aromatic rings. The van der Waals surface area contributed by atoms with Crippen molar-refractivity contribution in [3.05, 3.63) is 51.3 Å². The molecule has 0 unspecified atom stereocenters. The maximum Gasteiger partial charge on any atom is 0.322 e. The first kappa shape index (κ1) is 15.1. The zero-order chi connectivity index (χ0) is 15.2. The van der Waals surface area contributed by atoms with Gasteiger partial charge in [-0.15, -0.1) is 0 Å². The Labute approximate surface area is 126 Å². The van der Waals surface area contributed by atoms with E-state index >= 15 is 0 Å². The van der Waals surface area contributed by atoms with Crippen molar-refractivity contribution in [3.63, 3.8) is 0 Å². The summed E-state index contributed by atoms with van der Waals surface area (Å²) in [6.07, 6.45) is 3.21. The molecule has 21 heavy (non-hydrogen) atoms. The molecule has 0 saturated heterocycles. The first-order chi connectivity index (χ1) is 10.1. The number of nitro groups is 1. The van der Waals surface area contributed by atoms with E-state index in [1.807, 2.05) is 6.92 Å². The second kappa shape index (κ2) is 6.96. The van der Waals surface area contributed by atoms with Gasteiger partial charge in [0.1, 0.15) is 0 Å². The largest absolute Gasteiger partial charge is 0.417 e. The van der Waals surface area contributed by atoms with Crippen molar-refractivity contribution in [3.8, 4) is 11.8 Å². The minimum absolute atomic E-state index is 0.0423. The third-order valence-electron chi connectivity index (χ3n) is 2.58. The summed E-state index contributed by atoms with van der Waals surface area (Å²) in [4.78, 5) is 18.4. The molecule has 0 saturated carbocycles. The normalized spacial score (nSPS) is 10.4. The van der Waals surface area contributed by atoms with Gasteiger partial charge in [0.2, 0.25) is 5.75 Å². The van der Waals surface area contributed by atoms with Gasteiger partial charge < -0.3 is 10.1 Å². The SMILES string of the molecule is CCNCc1cnc(Oc2ccc(Cl)cc2[N+](=O)[O-])nc1. The van der Waals surface area contributed by atoms with Crippen LogP contribution in [0, 0.1) is 10.1 Å². The van der Waals surface area contributed by atoms with Gasteiger partial charge in [0.25, 0.3) is 0 Å². The van der Waals surface area contributed by atoms with E-state index in [9.17, 15) is 10.1 Å². The summed E-state index contributed by atoms with van der Waals surface area (Å²) in [6, 6.07) is 4.18. The number of nitrogens with zero attached hydrogens (tertiary/aromatic N) is 3. The summed E-state index contributed by atoms with van der Waals surface area (Å²) in [6.45, 7) is 3.49. The molecule has 0 bridgehead atoms. The second-order valence-corrected chi connectivity index (χ2v) is 4.56. The molecule has 8 heteroatoms. The van der Waals surface area contributed by atoms with Crippen LogP contribution in [-0.2, 0) is 6.54 Å². The van der Waals surface area contributed by atoms with Gasteiger partial charge in [0, 0.05) is 35.6 Å². The first-order valence-corrected chi connectivity index (χ1v) is 6.61. The summed E-state index contributed by atoms with van der Waals surface area (Å²) < 4.78 is 5.34. The molecule has 1 N–H and O–H groups in total. The number of ether oxygens (including phenoxy) is 1. The zero-order valence-electron chi connectivity index (χ0n) is 11.2. The fourth-order valence-electron chi connectivity index (χ4n) is 1.57. The van der Waals surface area contributed by atoms with Crippen LogP contribution in [0.25, 0.3) is 0 Å². The Morgan fingerprint density at radius 1 is 1.38 bits per heavy atom. The number of hydrogen-bond acceptors (Lipinski definition) is 6. The standard InChI is InChI=1S/C13H13ClN4O3/c1-2-15-6-9-7-16-13(17-8-9)21-12-4-3-10(14)5-11(12)18(19)20/h3-5,7-8,15H,2,6H2,1H3. The van der Waals surface area contributed by atoms with Crippen LogP contribution in [0.2, 0.25) is 5.02 Å². The molecule has 1 heterocycles. The Morgan fingerprint density at radius 3 is 2.71 bits per heavy atom. The molecular weight excluding hydrogens is 296 g/mol. The van der Waals surface area contributed by atoms with Crippen molar-refractivity contribution in [1.82, 2.24) is 15.3 Å². The summed E-state index contributed by atoms with van der Waals surface area (Å²) >= 11 is 5.73. The van der Waals surface area contributed by atoms with E-state index in [4.69, 9.17) is 16.3 Å². The molecule has 0 fully saturated rings. The number of benzene rings is 1. The molecule has 0 radical (unpaired) electrons. The lowest BCUT2D eigenvalue weighted by Crippen LogP contribution is -2.12. The van der Waals surface area contributed by atoms with E-state index in [2.05, 4.69) is 15.3 Å². The summed E-state index contributed by atoms with van der Waals surface area (Å²) in [5.41, 5.74) is 0.664. The highest BCUT2D eigenvalue weighted by Gasteiger charge is 2.17. The van der Waals surface area contributed by atoms with Crippen LogP contribution >= 0.6 is 11.6 Å². The van der Waals surface area contributed by atoms with Gasteiger partial charge in [-0.2, -0.15) is 0 Å². The molecule has 0 atom stereocenters. The third-order valence-corrected chi connectivity index (χ3v) is 2.81. The quantitative estimate of drug-likeness (QED) is 0.651. The summed E-state index contributed by atoms with van der Waals surface area (Å²) in [5.74, 6) is 0.0452. The molecule has 7 nitrogen and oxygen atoms in total. The molecule has 0 aliphatic heterocycles. The van der Waals surface area contributed by atoms with Crippen molar-refractivity contribution >= 4 is 17.3 Å². The van der Waals surface area contributed by atoms with Gasteiger partial charge in [0.05, 0.1) is 4.92 Å². The maximum absolute atomic E-state index is 11.0. The van der Waals surface area contributed by atoms with Crippen molar-refractivity contribution in [2.45, 2.75) is 13.5 Å². The number of nitrogens with one attached hydrogen (secondary N) is 1. The monoisotopic (exact) mass is 308 g/mol. The van der Waals surface area contributed by atoms with Gasteiger partial charge in [-0.3, -0.25) is 10.1 Å². The highest BCUT2D eigenvalue weighted by molar-refractivity contribution is 6.30. The van der Waals surface area contributed by atoms with Crippen LogP contribution in [0.5, 0.6) is 11.8 Å². The van der Waals surface area contributed by atoms with Crippen molar-refractivity contribution in [2.75, 3.05) is 6.54 Å². The van der Waals surface area contributed by atoms with E-state index in [0.717, 1.165) is 12.1 Å². The van der Waals surface area contributed by atoms with Gasteiger partial charge >= 0.3 is 11.7 Å². The molecule has 2 rings (SSSR count). The van der Waals surface area contributed by atoms with E-state index in [1.54, 1.807) is 12.4 Å². The highest BCUT2D eigenvalue weighted by Crippen LogP contribution is 2.32. The average molecular weight is 309 g/mol. The Hall–Kier alpha value is -2.25. The maximum atomic E-state index is 11.0. The average Bonchev–Trinajstić information content (AvgIpc) is 2.48. The number of nitro benzene ring substituents is 1. The molecule has 110 valence electrons. The van der Waals surface area contributed by atoms with Crippen LogP contribution in [0.15, 0.2) is 30.6 Å². The molecule has 0 amide bonds. The lowest BCUT2D eigenvalue weighted by molar-refractivity contribution is -0.385. The highest BCUT2D eigenvalue weighted by atomic mass is 35.5. The Bertz CT molecular complexity index is 634. The Kier molecular flexibility index (Phi) is 5.02. The molecule has 1 aromatic heterocycles. The predicted octanol–water partition coefficient (Wildman–Crippen LogP) is 2.94. The fraction of sp³-hybridized carbons (Fsp3) is 0.231. The van der Waals surface area contributed by atoms with Gasteiger partial charge in [-0.05, 0) is 18.7 Å². The molecular formula is C13H13ClN4O3. The lowest BCUT2D eigenvalue weighted by Gasteiger charge is -2.06. The zero-order valence-corrected chi connectivity index (χ0v) is 12.0. The van der Waals surface area contributed by atoms with Crippen LogP contribution in [-0.4, -0.2) is 21.4 Å². The number of halogens is 1. The summed E-state index contributed by atoms with van der Waals surface area (Å²) in [5, 5.41) is 14.4. The Morgan fingerprint density at radius 2 is 2.10 bits per heavy atom. The Balaban J connectivity index is 2.16. The molecule has 0 aliphatic rings. The smallest absolute Gasteiger partial charge is 0.322 e. The second-order valence-electron chi connectivity index (χ2n) is 4.13. The van der Waals surface area contributed by atoms with Crippen molar-refractivity contribution in [2.24, 2.45) is 0 Å². The number of aromatic nitrogens is 2. The first-order valence-electron chi connectivity index (χ1n) is 6.23. The minimum atomic E-state index is -0.569. The third kappa shape index (κ3) is 4.11. The van der Waals surface area contributed by atoms with E-state index < -0.39 is 4.92 Å². The predicted molar refractivity (Wildman–Crippen MR) is 77.6 cm³/mol. The molecule has 1 aromatic carbocycles. The van der Waals surface area contributed by atoms with E-state index in [0.29, 0.717) is 6.54 Å². The van der Waals surface area contributed by atoms with Crippen LogP contribution < -0.4 is 10.1 Å². The fourth-order valence-corrected chi connectivity index (χ4v) is 1.74. The molecule has 0 spiro atoms. The number of hydrogen-bond donors (Lipinski definition) is 1. The van der Waals surface area contributed by atoms with Gasteiger partial charge in [-0.1, -0.05) is 18.5 Å². The van der Waals surface area contributed by atoms with Crippen molar-refractivity contribution < 1.29 is 9.66 Å². The topological polar surface area (TPSA) is 90.2 Å². The van der Waals surface area contributed by atoms with Crippen LogP contribution in [0.3, 0.4) is 0 Å². The van der Waals surface area contributed by atoms with Crippen LogP contribution in [0.4, 0.5) is 5.69 Å². The lowest BCUT2D eigenvalue weighted by atomic mass is 10.3. The summed E-state index contributed by atoms with van der Waals surface area (Å²) in [7, 11) is 0. The van der Waals surface area contributed by atoms with Crippen LogP contribution in [0.1, 0.15) is 12.5 Å². The van der Waals surface area contributed by atoms with E-state index in [-0.39, 0.29) is 22.5 Å². The van der Waals surface area contributed by atoms with Gasteiger partial charge in [0.15, 0.2) is 0 Å². The van der Waals surface area contributed by atoms with Crippen molar-refractivity contribution in [1.29, 1.82) is 0 Å². The number of rotatable bonds is 6.